The average Bonchev–Trinajstić information content (AvgIpc) is 3.47. The molecule has 40 heavy (non-hydrogen) atoms. The standard InChI is InChI=1S/C28H41F3N6O3/c1-34-18-32-33-25(34)11-27(16-40-17-27)20-5-3-6-21(10-20)36-15-24-23(28(29,30)31)9-19(13-37(24)26(36)38)12-35-8-4-7-22(14-35)39-2/h9,13,15,20-22,25,32-33H,3-8,10-12,14,16-18H2,1-2H3/t20?,21?,22-,25?/m0/s1. The van der Waals surface area contributed by atoms with Gasteiger partial charge in [-0.2, -0.15) is 13.2 Å². The van der Waals surface area contributed by atoms with Crippen molar-refractivity contribution in [3.05, 3.63) is 40.1 Å². The van der Waals surface area contributed by atoms with Crippen molar-refractivity contribution in [2.45, 2.75) is 76.0 Å². The SMILES string of the molecule is CO[C@H]1CCCN(Cc2cc(C(F)(F)F)c3cn(C4CCCC(C5(CC6NNCN6C)COC5)C4)c(=O)n3c2)C1. The minimum absolute atomic E-state index is 0.0121. The summed E-state index contributed by atoms with van der Waals surface area (Å²) in [6.45, 7) is 3.96. The van der Waals surface area contributed by atoms with E-state index in [4.69, 9.17) is 9.47 Å². The van der Waals surface area contributed by atoms with E-state index in [1.807, 2.05) is 0 Å². The van der Waals surface area contributed by atoms with Gasteiger partial charge in [0.25, 0.3) is 0 Å². The zero-order chi connectivity index (χ0) is 28.1. The molecule has 2 aromatic heterocycles. The zero-order valence-corrected chi connectivity index (χ0v) is 23.4. The summed E-state index contributed by atoms with van der Waals surface area (Å²) in [4.78, 5) is 18.0. The number of fused-ring (bicyclic) bond motifs is 1. The molecule has 222 valence electrons. The van der Waals surface area contributed by atoms with E-state index in [0.717, 1.165) is 58.2 Å². The van der Waals surface area contributed by atoms with Crippen LogP contribution in [0.3, 0.4) is 0 Å². The molecule has 1 saturated carbocycles. The molecule has 4 fully saturated rings. The number of nitrogens with zero attached hydrogens (tertiary/aromatic N) is 4. The Morgan fingerprint density at radius 2 is 2.00 bits per heavy atom. The van der Waals surface area contributed by atoms with Gasteiger partial charge in [-0.15, -0.1) is 0 Å². The molecule has 0 amide bonds. The van der Waals surface area contributed by atoms with Gasteiger partial charge in [0.1, 0.15) is 0 Å². The van der Waals surface area contributed by atoms with Crippen molar-refractivity contribution < 1.29 is 22.6 Å². The molecule has 4 aliphatic rings. The summed E-state index contributed by atoms with van der Waals surface area (Å²) in [6.07, 6.45) is 5.12. The van der Waals surface area contributed by atoms with Crippen LogP contribution in [0.4, 0.5) is 13.2 Å². The van der Waals surface area contributed by atoms with Gasteiger partial charge < -0.3 is 9.47 Å². The Hall–Kier alpha value is -1.96. The van der Waals surface area contributed by atoms with E-state index in [9.17, 15) is 18.0 Å². The number of rotatable bonds is 7. The van der Waals surface area contributed by atoms with Gasteiger partial charge in [0.05, 0.1) is 43.2 Å². The van der Waals surface area contributed by atoms with E-state index < -0.39 is 11.7 Å². The van der Waals surface area contributed by atoms with E-state index in [1.165, 1.54) is 16.7 Å². The summed E-state index contributed by atoms with van der Waals surface area (Å²) >= 11 is 0. The van der Waals surface area contributed by atoms with Crippen LogP contribution in [0.15, 0.2) is 23.3 Å². The highest BCUT2D eigenvalue weighted by Gasteiger charge is 2.49. The number of nitrogens with one attached hydrogen (secondary N) is 2. The third kappa shape index (κ3) is 5.34. The van der Waals surface area contributed by atoms with Crippen molar-refractivity contribution in [2.75, 3.05) is 47.1 Å². The maximum Gasteiger partial charge on any atom is 0.418 e. The largest absolute Gasteiger partial charge is 0.418 e. The van der Waals surface area contributed by atoms with E-state index in [0.29, 0.717) is 37.8 Å². The molecule has 3 unspecified atom stereocenters. The van der Waals surface area contributed by atoms with Gasteiger partial charge in [-0.05, 0) is 69.7 Å². The number of halogens is 3. The second-order valence-electron chi connectivity index (χ2n) is 12.4. The lowest BCUT2D eigenvalue weighted by Gasteiger charge is -2.51. The van der Waals surface area contributed by atoms with Crippen LogP contribution in [-0.4, -0.2) is 78.2 Å². The maximum absolute atomic E-state index is 14.3. The summed E-state index contributed by atoms with van der Waals surface area (Å²) in [5, 5.41) is 0. The van der Waals surface area contributed by atoms with Crippen molar-refractivity contribution in [1.82, 2.24) is 29.6 Å². The van der Waals surface area contributed by atoms with Gasteiger partial charge in [0, 0.05) is 44.0 Å². The molecule has 0 bridgehead atoms. The van der Waals surface area contributed by atoms with Crippen molar-refractivity contribution in [3.8, 4) is 0 Å². The topological polar surface area (TPSA) is 75.4 Å². The van der Waals surface area contributed by atoms with Crippen LogP contribution in [0.5, 0.6) is 0 Å². The lowest BCUT2D eigenvalue weighted by atomic mass is 9.64. The molecule has 0 spiro atoms. The van der Waals surface area contributed by atoms with Crippen LogP contribution in [0.2, 0.25) is 0 Å². The minimum Gasteiger partial charge on any atom is -0.380 e. The van der Waals surface area contributed by atoms with Crippen LogP contribution in [0.1, 0.15) is 62.1 Å². The van der Waals surface area contributed by atoms with Crippen LogP contribution in [0.25, 0.3) is 5.52 Å². The molecule has 2 aromatic rings. The number of ether oxygens (including phenoxy) is 2. The van der Waals surface area contributed by atoms with Gasteiger partial charge in [0.2, 0.25) is 0 Å². The number of alkyl halides is 3. The number of hydrogen-bond donors (Lipinski definition) is 2. The van der Waals surface area contributed by atoms with E-state index in [2.05, 4.69) is 27.7 Å². The predicted octanol–water partition coefficient (Wildman–Crippen LogP) is 3.19. The first kappa shape index (κ1) is 28.2. The molecule has 0 radical (unpaired) electrons. The molecule has 12 heteroatoms. The maximum atomic E-state index is 14.3. The molecule has 2 N–H and O–H groups in total. The number of pyridine rings is 1. The van der Waals surface area contributed by atoms with Crippen LogP contribution in [-0.2, 0) is 22.2 Å². The van der Waals surface area contributed by atoms with Crippen molar-refractivity contribution >= 4 is 5.52 Å². The quantitative estimate of drug-likeness (QED) is 0.533. The smallest absolute Gasteiger partial charge is 0.380 e. The fraction of sp³-hybridized carbons (Fsp3) is 0.750. The summed E-state index contributed by atoms with van der Waals surface area (Å²) in [7, 11) is 3.75. The first-order chi connectivity index (χ1) is 19.2. The van der Waals surface area contributed by atoms with Gasteiger partial charge >= 0.3 is 11.9 Å². The van der Waals surface area contributed by atoms with E-state index >= 15 is 0 Å². The Balaban J connectivity index is 1.28. The predicted molar refractivity (Wildman–Crippen MR) is 144 cm³/mol. The van der Waals surface area contributed by atoms with Crippen LogP contribution < -0.4 is 16.5 Å². The fourth-order valence-electron chi connectivity index (χ4n) is 7.40. The average molecular weight is 567 g/mol. The Morgan fingerprint density at radius 3 is 2.67 bits per heavy atom. The second kappa shape index (κ2) is 11.0. The van der Waals surface area contributed by atoms with Crippen LogP contribution in [0, 0.1) is 11.3 Å². The molecule has 6 rings (SSSR count). The number of methoxy groups -OCH3 is 1. The summed E-state index contributed by atoms with van der Waals surface area (Å²) in [5.41, 5.74) is 5.83. The highest BCUT2D eigenvalue weighted by molar-refractivity contribution is 5.56. The molecule has 0 aromatic carbocycles. The number of imidazole rings is 1. The molecular weight excluding hydrogens is 525 g/mol. The fourth-order valence-corrected chi connectivity index (χ4v) is 7.40. The minimum atomic E-state index is -4.56. The monoisotopic (exact) mass is 566 g/mol. The first-order valence-corrected chi connectivity index (χ1v) is 14.5. The van der Waals surface area contributed by atoms with Crippen LogP contribution >= 0.6 is 0 Å². The molecule has 3 aliphatic heterocycles. The third-order valence-corrected chi connectivity index (χ3v) is 9.77. The van der Waals surface area contributed by atoms with Crippen molar-refractivity contribution in [1.29, 1.82) is 0 Å². The highest BCUT2D eigenvalue weighted by atomic mass is 19.4. The molecular formula is C28H41F3N6O3. The number of hydrazine groups is 1. The van der Waals surface area contributed by atoms with Crippen molar-refractivity contribution in [2.24, 2.45) is 11.3 Å². The lowest BCUT2D eigenvalue weighted by Crippen LogP contribution is -2.54. The van der Waals surface area contributed by atoms with E-state index in [1.54, 1.807) is 17.9 Å². The normalized spacial score (nSPS) is 30.1. The zero-order valence-electron chi connectivity index (χ0n) is 23.4. The second-order valence-corrected chi connectivity index (χ2v) is 12.4. The number of likely N-dealkylation sites (tertiary alicyclic amines) is 1. The Kier molecular flexibility index (Phi) is 7.77. The van der Waals surface area contributed by atoms with Gasteiger partial charge in [-0.3, -0.25) is 18.8 Å². The number of aromatic nitrogens is 2. The summed E-state index contributed by atoms with van der Waals surface area (Å²) in [6, 6.07) is 1.09. The Morgan fingerprint density at radius 1 is 1.18 bits per heavy atom. The van der Waals surface area contributed by atoms with Crippen molar-refractivity contribution in [3.63, 3.8) is 0 Å². The third-order valence-electron chi connectivity index (χ3n) is 9.77. The summed E-state index contributed by atoms with van der Waals surface area (Å²) < 4.78 is 56.9. The number of hydrogen-bond acceptors (Lipinski definition) is 7. The Bertz CT molecular complexity index is 1260. The summed E-state index contributed by atoms with van der Waals surface area (Å²) in [5.74, 6) is 0.344. The number of piperidine rings is 1. The molecule has 3 saturated heterocycles. The molecule has 4 atom stereocenters. The molecule has 9 nitrogen and oxygen atoms in total. The van der Waals surface area contributed by atoms with Gasteiger partial charge in [0.15, 0.2) is 0 Å². The highest BCUT2D eigenvalue weighted by Crippen LogP contribution is 2.49. The Labute approximate surface area is 232 Å². The van der Waals surface area contributed by atoms with Gasteiger partial charge in [-0.25, -0.2) is 15.6 Å². The molecule has 1 aliphatic carbocycles. The molecule has 5 heterocycles. The lowest BCUT2D eigenvalue weighted by molar-refractivity contribution is -0.167. The van der Waals surface area contributed by atoms with Gasteiger partial charge in [-0.1, -0.05) is 6.42 Å². The first-order valence-electron chi connectivity index (χ1n) is 14.5. The van der Waals surface area contributed by atoms with E-state index in [-0.39, 0.29) is 34.9 Å².